The van der Waals surface area contributed by atoms with Gasteiger partial charge in [-0.1, -0.05) is 24.4 Å². The van der Waals surface area contributed by atoms with Gasteiger partial charge in [0.25, 0.3) is 15.0 Å². The van der Waals surface area contributed by atoms with E-state index in [9.17, 15) is 13.2 Å². The van der Waals surface area contributed by atoms with E-state index < -0.39 is 15.0 Å². The monoisotopic (exact) mass is 413 g/mol. The number of carbonyl (C=O) groups excluding carboxylic acids is 1. The first-order valence-corrected chi connectivity index (χ1v) is 9.91. The SMILES string of the molecule is CC(CC1CC1)NC(=O)c1cc(S(=O)(=O)Cl)cc(Br)c1Cl. The Morgan fingerprint density at radius 1 is 1.48 bits per heavy atom. The topological polar surface area (TPSA) is 63.2 Å². The van der Waals surface area contributed by atoms with Crippen molar-refractivity contribution in [3.63, 3.8) is 0 Å². The van der Waals surface area contributed by atoms with Gasteiger partial charge in [0.15, 0.2) is 0 Å². The van der Waals surface area contributed by atoms with Gasteiger partial charge in [-0.3, -0.25) is 4.79 Å². The maximum atomic E-state index is 12.3. The smallest absolute Gasteiger partial charge is 0.261 e. The molecule has 1 unspecified atom stereocenters. The molecule has 4 nitrogen and oxygen atoms in total. The van der Waals surface area contributed by atoms with Crippen LogP contribution >= 0.6 is 38.2 Å². The van der Waals surface area contributed by atoms with Gasteiger partial charge in [-0.2, -0.15) is 0 Å². The molecule has 1 aliphatic rings. The summed E-state index contributed by atoms with van der Waals surface area (Å²) < 4.78 is 23.1. The molecule has 1 saturated carbocycles. The van der Waals surface area contributed by atoms with Gasteiger partial charge in [-0.15, -0.1) is 0 Å². The van der Waals surface area contributed by atoms with E-state index >= 15 is 0 Å². The first-order valence-electron chi connectivity index (χ1n) is 6.43. The molecule has 116 valence electrons. The number of halogens is 3. The zero-order valence-electron chi connectivity index (χ0n) is 11.2. The van der Waals surface area contributed by atoms with Crippen molar-refractivity contribution >= 4 is 53.2 Å². The van der Waals surface area contributed by atoms with Crippen LogP contribution in [0.25, 0.3) is 0 Å². The van der Waals surface area contributed by atoms with E-state index in [0.29, 0.717) is 10.4 Å². The van der Waals surface area contributed by atoms with Crippen LogP contribution in [0.4, 0.5) is 0 Å². The first-order chi connectivity index (χ1) is 9.68. The van der Waals surface area contributed by atoms with E-state index in [4.69, 9.17) is 22.3 Å². The van der Waals surface area contributed by atoms with Crippen molar-refractivity contribution < 1.29 is 13.2 Å². The molecule has 2 rings (SSSR count). The van der Waals surface area contributed by atoms with Gasteiger partial charge >= 0.3 is 0 Å². The molecule has 1 aromatic rings. The summed E-state index contributed by atoms with van der Waals surface area (Å²) in [4.78, 5) is 12.1. The summed E-state index contributed by atoms with van der Waals surface area (Å²) >= 11 is 9.21. The lowest BCUT2D eigenvalue weighted by Gasteiger charge is -2.15. The average molecular weight is 415 g/mol. The quantitative estimate of drug-likeness (QED) is 0.742. The molecule has 1 atom stereocenters. The van der Waals surface area contributed by atoms with Crippen molar-refractivity contribution in [1.29, 1.82) is 0 Å². The second kappa shape index (κ2) is 6.44. The zero-order valence-corrected chi connectivity index (χ0v) is 15.1. The summed E-state index contributed by atoms with van der Waals surface area (Å²) in [5, 5.41) is 2.99. The Morgan fingerprint density at radius 2 is 2.10 bits per heavy atom. The molecular formula is C13H14BrCl2NO3S. The van der Waals surface area contributed by atoms with Crippen molar-refractivity contribution in [3.05, 3.63) is 27.2 Å². The highest BCUT2D eigenvalue weighted by Crippen LogP contribution is 2.34. The molecule has 1 fully saturated rings. The molecule has 8 heteroatoms. The van der Waals surface area contributed by atoms with E-state index in [1.807, 2.05) is 6.92 Å². The molecule has 0 bridgehead atoms. The van der Waals surface area contributed by atoms with Crippen LogP contribution in [0.1, 0.15) is 36.5 Å². The van der Waals surface area contributed by atoms with Gasteiger partial charge in [0.05, 0.1) is 15.5 Å². The normalized spacial score (nSPS) is 16.6. The minimum absolute atomic E-state index is 0.0103. The Hall–Kier alpha value is -0.300. The van der Waals surface area contributed by atoms with Crippen LogP contribution in [-0.4, -0.2) is 20.4 Å². The summed E-state index contributed by atoms with van der Waals surface area (Å²) in [5.74, 6) is 0.271. The maximum absolute atomic E-state index is 12.3. The first kappa shape index (κ1) is 17.1. The van der Waals surface area contributed by atoms with Crippen molar-refractivity contribution in [1.82, 2.24) is 5.32 Å². The van der Waals surface area contributed by atoms with Gasteiger partial charge in [0.1, 0.15) is 0 Å². The summed E-state index contributed by atoms with van der Waals surface area (Å²) in [6.07, 6.45) is 3.32. The van der Waals surface area contributed by atoms with Crippen molar-refractivity contribution in [3.8, 4) is 0 Å². The second-order valence-corrected chi connectivity index (χ2v) is 9.06. The third-order valence-electron chi connectivity index (χ3n) is 3.29. The molecule has 0 saturated heterocycles. The molecule has 0 aromatic heterocycles. The Morgan fingerprint density at radius 3 is 2.62 bits per heavy atom. The summed E-state index contributed by atoms with van der Waals surface area (Å²) in [6.45, 7) is 1.92. The largest absolute Gasteiger partial charge is 0.350 e. The number of rotatable bonds is 5. The summed E-state index contributed by atoms with van der Waals surface area (Å²) in [7, 11) is 1.39. The molecule has 21 heavy (non-hydrogen) atoms. The fourth-order valence-electron chi connectivity index (χ4n) is 2.08. The van der Waals surface area contributed by atoms with Crippen molar-refractivity contribution in [2.75, 3.05) is 0 Å². The number of amides is 1. The van der Waals surface area contributed by atoms with Crippen LogP contribution in [0.2, 0.25) is 5.02 Å². The van der Waals surface area contributed by atoms with E-state index in [0.717, 1.165) is 6.42 Å². The molecule has 0 heterocycles. The number of benzene rings is 1. The number of carbonyl (C=O) groups is 1. The Kier molecular flexibility index (Phi) is 5.23. The second-order valence-electron chi connectivity index (χ2n) is 5.26. The highest BCUT2D eigenvalue weighted by atomic mass is 79.9. The van der Waals surface area contributed by atoms with Crippen LogP contribution in [0.5, 0.6) is 0 Å². The maximum Gasteiger partial charge on any atom is 0.261 e. The van der Waals surface area contributed by atoms with E-state index in [1.165, 1.54) is 25.0 Å². The molecule has 1 N–H and O–H groups in total. The van der Waals surface area contributed by atoms with Gasteiger partial charge in [-0.05, 0) is 47.3 Å². The minimum atomic E-state index is -3.93. The van der Waals surface area contributed by atoms with Crippen LogP contribution in [0.3, 0.4) is 0 Å². The fourth-order valence-corrected chi connectivity index (χ4v) is 3.68. The molecule has 0 radical (unpaired) electrons. The molecule has 1 aliphatic carbocycles. The highest BCUT2D eigenvalue weighted by Gasteiger charge is 2.25. The lowest BCUT2D eigenvalue weighted by Crippen LogP contribution is -2.33. The van der Waals surface area contributed by atoms with Crippen molar-refractivity contribution in [2.24, 2.45) is 5.92 Å². The predicted octanol–water partition coefficient (Wildman–Crippen LogP) is 3.95. The molecule has 0 spiro atoms. The number of hydrogen-bond acceptors (Lipinski definition) is 3. The predicted molar refractivity (Wildman–Crippen MR) is 86.5 cm³/mol. The minimum Gasteiger partial charge on any atom is -0.350 e. The summed E-state index contributed by atoms with van der Waals surface area (Å²) in [5.41, 5.74) is 0.0907. The van der Waals surface area contributed by atoms with E-state index in [2.05, 4.69) is 21.2 Å². The Balaban J connectivity index is 2.24. The van der Waals surface area contributed by atoms with Gasteiger partial charge < -0.3 is 5.32 Å². The van der Waals surface area contributed by atoms with Gasteiger partial charge in [0, 0.05) is 21.2 Å². The van der Waals surface area contributed by atoms with E-state index in [-0.39, 0.29) is 21.5 Å². The third kappa shape index (κ3) is 4.58. The average Bonchev–Trinajstić information content (AvgIpc) is 3.14. The Bertz CT molecular complexity index is 674. The van der Waals surface area contributed by atoms with E-state index in [1.54, 1.807) is 0 Å². The highest BCUT2D eigenvalue weighted by molar-refractivity contribution is 9.10. The lowest BCUT2D eigenvalue weighted by atomic mass is 10.1. The third-order valence-corrected chi connectivity index (χ3v) is 5.88. The van der Waals surface area contributed by atoms with Crippen molar-refractivity contribution in [2.45, 2.75) is 37.1 Å². The zero-order chi connectivity index (χ0) is 15.8. The van der Waals surface area contributed by atoms with Crippen LogP contribution in [0, 0.1) is 5.92 Å². The van der Waals surface area contributed by atoms with Crippen LogP contribution in [0.15, 0.2) is 21.5 Å². The number of nitrogens with one attached hydrogen (secondary N) is 1. The van der Waals surface area contributed by atoms with Gasteiger partial charge in [0.2, 0.25) is 0 Å². The molecule has 1 amide bonds. The Labute approximate surface area is 141 Å². The standard InChI is InChI=1S/C13H14BrCl2NO3S/c1-7(4-8-2-3-8)17-13(18)10-5-9(21(16,19)20)6-11(14)12(10)15/h5-8H,2-4H2,1H3,(H,17,18). The van der Waals surface area contributed by atoms with Crippen LogP contribution < -0.4 is 5.32 Å². The molecule has 1 aromatic carbocycles. The van der Waals surface area contributed by atoms with Gasteiger partial charge in [-0.25, -0.2) is 8.42 Å². The summed E-state index contributed by atoms with van der Waals surface area (Å²) in [6, 6.07) is 2.47. The lowest BCUT2D eigenvalue weighted by molar-refractivity contribution is 0.0937. The molecule has 0 aliphatic heterocycles. The van der Waals surface area contributed by atoms with Crippen LogP contribution in [-0.2, 0) is 9.05 Å². The fraction of sp³-hybridized carbons (Fsp3) is 0.462. The number of hydrogen-bond donors (Lipinski definition) is 1. The molecular weight excluding hydrogens is 401 g/mol.